The zero-order valence-electron chi connectivity index (χ0n) is 10.6. The Hall–Kier alpha value is -1.94. The fourth-order valence-corrected chi connectivity index (χ4v) is 2.07. The summed E-state index contributed by atoms with van der Waals surface area (Å²) in [4.78, 5) is 12.2. The summed E-state index contributed by atoms with van der Waals surface area (Å²) >= 11 is 5.95. The van der Waals surface area contributed by atoms with Crippen molar-refractivity contribution in [1.82, 2.24) is 4.57 Å². The van der Waals surface area contributed by atoms with Gasteiger partial charge in [-0.3, -0.25) is 4.79 Å². The van der Waals surface area contributed by atoms with Gasteiger partial charge in [-0.25, -0.2) is 0 Å². The van der Waals surface area contributed by atoms with Crippen LogP contribution in [0.4, 0.5) is 5.69 Å². The van der Waals surface area contributed by atoms with Crippen molar-refractivity contribution in [2.75, 3.05) is 5.32 Å². The Balaban J connectivity index is 2.18. The van der Waals surface area contributed by atoms with E-state index in [1.54, 1.807) is 12.1 Å². The summed E-state index contributed by atoms with van der Waals surface area (Å²) in [6.45, 7) is 2.84. The van der Waals surface area contributed by atoms with Gasteiger partial charge in [-0.2, -0.15) is 0 Å². The maximum Gasteiger partial charge on any atom is 0.272 e. The highest BCUT2D eigenvalue weighted by Gasteiger charge is 2.12. The lowest BCUT2D eigenvalue weighted by Gasteiger charge is -2.10. The summed E-state index contributed by atoms with van der Waals surface area (Å²) in [5.41, 5.74) is 1.07. The van der Waals surface area contributed by atoms with Crippen molar-refractivity contribution in [3.63, 3.8) is 0 Å². The average Bonchev–Trinajstić information content (AvgIpc) is 2.81. The van der Waals surface area contributed by atoms with E-state index in [1.807, 2.05) is 16.8 Å². The lowest BCUT2D eigenvalue weighted by Crippen LogP contribution is -2.17. The number of benzene rings is 1. The molecule has 1 aromatic heterocycles. The third kappa shape index (κ3) is 3.09. The van der Waals surface area contributed by atoms with E-state index in [2.05, 4.69) is 12.2 Å². The zero-order valence-corrected chi connectivity index (χ0v) is 11.3. The van der Waals surface area contributed by atoms with Crippen molar-refractivity contribution in [3.8, 4) is 5.75 Å². The zero-order chi connectivity index (χ0) is 13.8. The molecule has 100 valence electrons. The molecule has 5 heteroatoms. The molecule has 2 aromatic rings. The number of carbonyl (C=O) groups excluding carboxylic acids is 1. The molecule has 0 radical (unpaired) electrons. The summed E-state index contributed by atoms with van der Waals surface area (Å²) < 4.78 is 1.89. The summed E-state index contributed by atoms with van der Waals surface area (Å²) in [6.07, 6.45) is 2.83. The molecule has 1 heterocycles. The van der Waals surface area contributed by atoms with Gasteiger partial charge in [0.1, 0.15) is 11.4 Å². The van der Waals surface area contributed by atoms with E-state index in [9.17, 15) is 9.90 Å². The van der Waals surface area contributed by atoms with Crippen LogP contribution in [-0.4, -0.2) is 15.6 Å². The first-order chi connectivity index (χ1) is 9.11. The molecule has 2 N–H and O–H groups in total. The van der Waals surface area contributed by atoms with Gasteiger partial charge in [0.15, 0.2) is 0 Å². The van der Waals surface area contributed by atoms with Crippen molar-refractivity contribution >= 4 is 23.2 Å². The number of aromatic nitrogens is 1. The van der Waals surface area contributed by atoms with E-state index in [4.69, 9.17) is 11.6 Å². The molecule has 2 rings (SSSR count). The Morgan fingerprint density at radius 3 is 2.89 bits per heavy atom. The third-order valence-electron chi connectivity index (χ3n) is 2.73. The summed E-state index contributed by atoms with van der Waals surface area (Å²) in [6, 6.07) is 8.04. The predicted octanol–water partition coefficient (Wildman–Crippen LogP) is 3.51. The minimum absolute atomic E-state index is 0.0670. The molecule has 0 unspecified atom stereocenters. The van der Waals surface area contributed by atoms with Gasteiger partial charge >= 0.3 is 0 Å². The van der Waals surface area contributed by atoms with Gasteiger partial charge in [0.25, 0.3) is 5.91 Å². The van der Waals surface area contributed by atoms with Crippen molar-refractivity contribution in [3.05, 3.63) is 47.2 Å². The van der Waals surface area contributed by atoms with E-state index < -0.39 is 0 Å². The molecule has 0 aliphatic heterocycles. The number of carbonyl (C=O) groups is 1. The molecule has 0 aliphatic rings. The number of rotatable bonds is 4. The first kappa shape index (κ1) is 13.5. The quantitative estimate of drug-likeness (QED) is 0.841. The van der Waals surface area contributed by atoms with Crippen LogP contribution in [0, 0.1) is 0 Å². The predicted molar refractivity (Wildman–Crippen MR) is 75.8 cm³/mol. The van der Waals surface area contributed by atoms with Gasteiger partial charge in [-0.05, 0) is 30.7 Å². The number of hydrogen-bond donors (Lipinski definition) is 2. The van der Waals surface area contributed by atoms with E-state index in [0.29, 0.717) is 16.4 Å². The number of anilines is 1. The largest absolute Gasteiger partial charge is 0.508 e. The Kier molecular flexibility index (Phi) is 4.12. The van der Waals surface area contributed by atoms with Crippen LogP contribution >= 0.6 is 11.6 Å². The Morgan fingerprint density at radius 2 is 2.21 bits per heavy atom. The second-order valence-electron chi connectivity index (χ2n) is 4.21. The SMILES string of the molecule is CCCn1cccc1C(=O)Nc1ccc(O)cc1Cl. The molecule has 0 atom stereocenters. The van der Waals surface area contributed by atoms with Crippen LogP contribution < -0.4 is 5.32 Å². The highest BCUT2D eigenvalue weighted by atomic mass is 35.5. The lowest BCUT2D eigenvalue weighted by molar-refractivity contribution is 0.101. The monoisotopic (exact) mass is 278 g/mol. The summed E-state index contributed by atoms with van der Waals surface area (Å²) in [5.74, 6) is -0.150. The highest BCUT2D eigenvalue weighted by Crippen LogP contribution is 2.26. The van der Waals surface area contributed by atoms with Crippen molar-refractivity contribution in [2.24, 2.45) is 0 Å². The summed E-state index contributed by atoms with van der Waals surface area (Å²) in [5, 5.41) is 12.3. The molecule has 0 fully saturated rings. The average molecular weight is 279 g/mol. The van der Waals surface area contributed by atoms with Crippen LogP contribution in [0.1, 0.15) is 23.8 Å². The maximum atomic E-state index is 12.2. The van der Waals surface area contributed by atoms with Gasteiger partial charge in [0, 0.05) is 18.8 Å². The molecule has 4 nitrogen and oxygen atoms in total. The van der Waals surface area contributed by atoms with Crippen LogP contribution in [0.15, 0.2) is 36.5 Å². The Morgan fingerprint density at radius 1 is 1.42 bits per heavy atom. The van der Waals surface area contributed by atoms with Gasteiger partial charge in [-0.15, -0.1) is 0 Å². The number of phenolic OH excluding ortho intramolecular Hbond substituents is 1. The maximum absolute atomic E-state index is 12.2. The number of aryl methyl sites for hydroxylation is 1. The minimum Gasteiger partial charge on any atom is -0.508 e. The van der Waals surface area contributed by atoms with E-state index in [-0.39, 0.29) is 11.7 Å². The molecule has 0 spiro atoms. The number of aromatic hydroxyl groups is 1. The van der Waals surface area contributed by atoms with Gasteiger partial charge in [0.2, 0.25) is 0 Å². The Bertz CT molecular complexity index is 593. The molecule has 19 heavy (non-hydrogen) atoms. The van der Waals surface area contributed by atoms with Crippen LogP contribution in [0.25, 0.3) is 0 Å². The normalized spacial score (nSPS) is 10.4. The number of nitrogens with one attached hydrogen (secondary N) is 1. The van der Waals surface area contributed by atoms with Crippen LogP contribution in [-0.2, 0) is 6.54 Å². The standard InChI is InChI=1S/C14H15ClN2O2/c1-2-7-17-8-3-4-13(17)14(19)16-12-6-5-10(18)9-11(12)15/h3-6,8-9,18H,2,7H2,1H3,(H,16,19). The van der Waals surface area contributed by atoms with Gasteiger partial charge in [-0.1, -0.05) is 18.5 Å². The second-order valence-corrected chi connectivity index (χ2v) is 4.61. The molecule has 0 aliphatic carbocycles. The Labute approximate surface area is 116 Å². The molecular formula is C14H15ClN2O2. The fraction of sp³-hybridized carbons (Fsp3) is 0.214. The first-order valence-corrected chi connectivity index (χ1v) is 6.44. The van der Waals surface area contributed by atoms with Crippen LogP contribution in [0.3, 0.4) is 0 Å². The lowest BCUT2D eigenvalue weighted by atomic mass is 10.3. The number of phenols is 1. The highest BCUT2D eigenvalue weighted by molar-refractivity contribution is 6.34. The fourth-order valence-electron chi connectivity index (χ4n) is 1.85. The second kappa shape index (κ2) is 5.80. The topological polar surface area (TPSA) is 54.3 Å². The molecule has 0 bridgehead atoms. The molecular weight excluding hydrogens is 264 g/mol. The molecule has 1 aromatic carbocycles. The van der Waals surface area contributed by atoms with Crippen molar-refractivity contribution in [1.29, 1.82) is 0 Å². The smallest absolute Gasteiger partial charge is 0.272 e. The minimum atomic E-state index is -0.217. The van der Waals surface area contributed by atoms with E-state index >= 15 is 0 Å². The van der Waals surface area contributed by atoms with E-state index in [1.165, 1.54) is 12.1 Å². The third-order valence-corrected chi connectivity index (χ3v) is 3.04. The van der Waals surface area contributed by atoms with E-state index in [0.717, 1.165) is 13.0 Å². The number of halogens is 1. The van der Waals surface area contributed by atoms with Crippen molar-refractivity contribution < 1.29 is 9.90 Å². The number of nitrogens with zero attached hydrogens (tertiary/aromatic N) is 1. The molecule has 0 saturated heterocycles. The van der Waals surface area contributed by atoms with Crippen molar-refractivity contribution in [2.45, 2.75) is 19.9 Å². The number of hydrogen-bond acceptors (Lipinski definition) is 2. The van der Waals surface area contributed by atoms with Crippen LogP contribution in [0.2, 0.25) is 5.02 Å². The number of amides is 1. The molecule has 1 amide bonds. The molecule has 0 saturated carbocycles. The van der Waals surface area contributed by atoms with Crippen LogP contribution in [0.5, 0.6) is 5.75 Å². The summed E-state index contributed by atoms with van der Waals surface area (Å²) in [7, 11) is 0. The van der Waals surface area contributed by atoms with Gasteiger partial charge in [0.05, 0.1) is 10.7 Å². The first-order valence-electron chi connectivity index (χ1n) is 6.07. The van der Waals surface area contributed by atoms with Gasteiger partial charge < -0.3 is 15.0 Å².